The molecule has 0 radical (unpaired) electrons. The van der Waals surface area contributed by atoms with E-state index < -0.39 is 0 Å². The lowest BCUT2D eigenvalue weighted by Gasteiger charge is -2.03. The fourth-order valence-electron chi connectivity index (χ4n) is 2.18. The number of rotatable bonds is 5. The van der Waals surface area contributed by atoms with Crippen molar-refractivity contribution < 1.29 is 4.52 Å². The number of hydrogen-bond donors (Lipinski definition) is 0. The Hall–Kier alpha value is -2.08. The Morgan fingerprint density at radius 3 is 2.77 bits per heavy atom. The summed E-state index contributed by atoms with van der Waals surface area (Å²) in [6, 6.07) is 4.18. The van der Waals surface area contributed by atoms with Crippen molar-refractivity contribution in [1.29, 1.82) is 0 Å². The minimum atomic E-state index is -0.0405. The Labute approximate surface area is 133 Å². The van der Waals surface area contributed by atoms with Gasteiger partial charge in [0, 0.05) is 23.5 Å². The van der Waals surface area contributed by atoms with Crippen LogP contribution in [0.25, 0.3) is 10.8 Å². The lowest BCUT2D eigenvalue weighted by molar-refractivity contribution is 0.421. The molecular weight excluding hydrogens is 296 g/mol. The first-order valence-corrected chi connectivity index (χ1v) is 8.13. The highest BCUT2D eigenvalue weighted by atomic mass is 32.1. The summed E-state index contributed by atoms with van der Waals surface area (Å²) in [5.41, 5.74) is 0.835. The van der Waals surface area contributed by atoms with Crippen LogP contribution in [0.2, 0.25) is 0 Å². The largest absolute Gasteiger partial charge is 0.333 e. The summed E-state index contributed by atoms with van der Waals surface area (Å²) in [5.74, 6) is 1.81. The van der Waals surface area contributed by atoms with Gasteiger partial charge in [-0.05, 0) is 31.4 Å². The Bertz CT molecular complexity index is 735. The molecule has 0 saturated heterocycles. The van der Waals surface area contributed by atoms with Crippen LogP contribution < -0.4 is 0 Å². The quantitative estimate of drug-likeness (QED) is 0.713. The third-order valence-corrected chi connectivity index (χ3v) is 4.43. The van der Waals surface area contributed by atoms with Gasteiger partial charge in [-0.1, -0.05) is 19.0 Å². The maximum atomic E-state index is 5.41. The van der Waals surface area contributed by atoms with Gasteiger partial charge in [-0.3, -0.25) is 9.97 Å². The topological polar surface area (TPSA) is 64.7 Å². The SMILES string of the molecule is CC(C)Cc1ccc(-c2nc(C(C)c3cnccn3)no2)s1. The summed E-state index contributed by atoms with van der Waals surface area (Å²) >= 11 is 1.71. The second-order valence-electron chi connectivity index (χ2n) is 5.67. The maximum Gasteiger partial charge on any atom is 0.268 e. The maximum absolute atomic E-state index is 5.41. The Morgan fingerprint density at radius 1 is 1.18 bits per heavy atom. The first-order valence-electron chi connectivity index (χ1n) is 7.32. The molecule has 0 aliphatic heterocycles. The Kier molecular flexibility index (Phi) is 4.29. The highest BCUT2D eigenvalue weighted by molar-refractivity contribution is 7.15. The van der Waals surface area contributed by atoms with Crippen molar-refractivity contribution in [2.24, 2.45) is 5.92 Å². The number of nitrogens with zero attached hydrogens (tertiary/aromatic N) is 4. The van der Waals surface area contributed by atoms with E-state index in [-0.39, 0.29) is 5.92 Å². The molecule has 0 aliphatic carbocycles. The molecule has 3 aromatic heterocycles. The van der Waals surface area contributed by atoms with Gasteiger partial charge < -0.3 is 4.52 Å². The van der Waals surface area contributed by atoms with E-state index in [0.717, 1.165) is 17.0 Å². The minimum Gasteiger partial charge on any atom is -0.333 e. The van der Waals surface area contributed by atoms with Crippen LogP contribution in [-0.2, 0) is 6.42 Å². The van der Waals surface area contributed by atoms with Gasteiger partial charge >= 0.3 is 0 Å². The van der Waals surface area contributed by atoms with Crippen LogP contribution in [0.15, 0.2) is 35.2 Å². The van der Waals surface area contributed by atoms with E-state index in [9.17, 15) is 0 Å². The fourth-order valence-corrected chi connectivity index (χ4v) is 3.32. The van der Waals surface area contributed by atoms with Gasteiger partial charge in [0.15, 0.2) is 5.82 Å². The summed E-state index contributed by atoms with van der Waals surface area (Å²) in [6.07, 6.45) is 6.12. The van der Waals surface area contributed by atoms with Gasteiger partial charge in [-0.2, -0.15) is 4.98 Å². The number of hydrogen-bond acceptors (Lipinski definition) is 6. The molecule has 5 nitrogen and oxygen atoms in total. The van der Waals surface area contributed by atoms with Crippen molar-refractivity contribution in [2.75, 3.05) is 0 Å². The molecule has 3 heterocycles. The molecule has 3 aromatic rings. The second-order valence-corrected chi connectivity index (χ2v) is 6.84. The van der Waals surface area contributed by atoms with E-state index in [1.807, 2.05) is 13.0 Å². The monoisotopic (exact) mass is 314 g/mol. The van der Waals surface area contributed by atoms with E-state index in [4.69, 9.17) is 4.52 Å². The van der Waals surface area contributed by atoms with Crippen molar-refractivity contribution in [3.05, 3.63) is 47.1 Å². The molecule has 0 aromatic carbocycles. The minimum absolute atomic E-state index is 0.0405. The van der Waals surface area contributed by atoms with E-state index >= 15 is 0 Å². The summed E-state index contributed by atoms with van der Waals surface area (Å²) in [7, 11) is 0. The molecule has 0 N–H and O–H groups in total. The van der Waals surface area contributed by atoms with Gasteiger partial charge in [-0.25, -0.2) is 0 Å². The highest BCUT2D eigenvalue weighted by Crippen LogP contribution is 2.29. The normalized spacial score (nSPS) is 12.7. The van der Waals surface area contributed by atoms with E-state index in [1.165, 1.54) is 4.88 Å². The van der Waals surface area contributed by atoms with Crippen molar-refractivity contribution in [3.8, 4) is 10.8 Å². The average molecular weight is 314 g/mol. The van der Waals surface area contributed by atoms with Crippen LogP contribution in [0.1, 0.15) is 43.1 Å². The van der Waals surface area contributed by atoms with E-state index in [0.29, 0.717) is 17.6 Å². The molecule has 0 amide bonds. The van der Waals surface area contributed by atoms with Crippen LogP contribution in [0.4, 0.5) is 0 Å². The highest BCUT2D eigenvalue weighted by Gasteiger charge is 2.18. The molecular formula is C16H18N4OS. The molecule has 0 fully saturated rings. The summed E-state index contributed by atoms with van der Waals surface area (Å²) < 4.78 is 5.41. The molecule has 1 unspecified atom stereocenters. The zero-order valence-electron chi connectivity index (χ0n) is 12.9. The summed E-state index contributed by atoms with van der Waals surface area (Å²) in [6.45, 7) is 6.43. The molecule has 114 valence electrons. The molecule has 0 bridgehead atoms. The van der Waals surface area contributed by atoms with Crippen LogP contribution in [0, 0.1) is 5.92 Å². The molecule has 3 rings (SSSR count). The first kappa shape index (κ1) is 14.8. The molecule has 6 heteroatoms. The van der Waals surface area contributed by atoms with Gasteiger partial charge in [0.05, 0.1) is 16.5 Å². The Morgan fingerprint density at radius 2 is 2.05 bits per heavy atom. The van der Waals surface area contributed by atoms with Crippen molar-refractivity contribution in [1.82, 2.24) is 20.1 Å². The second kappa shape index (κ2) is 6.36. The van der Waals surface area contributed by atoms with Crippen LogP contribution >= 0.6 is 11.3 Å². The lowest BCUT2D eigenvalue weighted by Crippen LogP contribution is -2.01. The third-order valence-electron chi connectivity index (χ3n) is 3.34. The molecule has 22 heavy (non-hydrogen) atoms. The third kappa shape index (κ3) is 3.22. The molecule has 0 aliphatic rings. The zero-order chi connectivity index (χ0) is 15.5. The van der Waals surface area contributed by atoms with Crippen LogP contribution in [-0.4, -0.2) is 20.1 Å². The zero-order valence-corrected chi connectivity index (χ0v) is 13.7. The van der Waals surface area contributed by atoms with Crippen molar-refractivity contribution in [3.63, 3.8) is 0 Å². The van der Waals surface area contributed by atoms with Crippen LogP contribution in [0.3, 0.4) is 0 Å². The molecule has 1 atom stereocenters. The average Bonchev–Trinajstić information content (AvgIpc) is 3.15. The van der Waals surface area contributed by atoms with E-state index in [2.05, 4.69) is 40.0 Å². The Balaban J connectivity index is 1.80. The fraction of sp³-hybridized carbons (Fsp3) is 0.375. The van der Waals surface area contributed by atoms with Gasteiger partial charge in [0.2, 0.25) is 0 Å². The van der Waals surface area contributed by atoms with Crippen molar-refractivity contribution in [2.45, 2.75) is 33.1 Å². The lowest BCUT2D eigenvalue weighted by atomic mass is 10.1. The smallest absolute Gasteiger partial charge is 0.268 e. The number of aromatic nitrogens is 4. The summed E-state index contributed by atoms with van der Waals surface area (Å²) in [5, 5.41) is 4.09. The first-order chi connectivity index (χ1) is 10.6. The standard InChI is InChI=1S/C16H18N4OS/c1-10(2)8-12-4-5-14(22-12)16-19-15(20-21-16)11(3)13-9-17-6-7-18-13/h4-7,9-11H,8H2,1-3H3. The summed E-state index contributed by atoms with van der Waals surface area (Å²) in [4.78, 5) is 15.2. The number of thiophene rings is 1. The molecule has 0 spiro atoms. The van der Waals surface area contributed by atoms with Gasteiger partial charge in [0.25, 0.3) is 5.89 Å². The molecule has 0 saturated carbocycles. The predicted molar refractivity (Wildman–Crippen MR) is 85.7 cm³/mol. The van der Waals surface area contributed by atoms with Crippen LogP contribution in [0.5, 0.6) is 0 Å². The predicted octanol–water partition coefficient (Wildman–Crippen LogP) is 3.94. The van der Waals surface area contributed by atoms with Gasteiger partial charge in [-0.15, -0.1) is 11.3 Å². The van der Waals surface area contributed by atoms with Gasteiger partial charge in [0.1, 0.15) is 0 Å². The van der Waals surface area contributed by atoms with E-state index in [1.54, 1.807) is 29.9 Å². The van der Waals surface area contributed by atoms with Crippen molar-refractivity contribution >= 4 is 11.3 Å².